The SMILES string of the molecule is CCC(C)(CC)Nc1cc(Oc2ccc(Br)cc2Br)ccc1[N+](=O)[O-].O=[P+](O)O. The van der Waals surface area contributed by atoms with Crippen molar-refractivity contribution in [3.63, 3.8) is 0 Å². The first-order chi connectivity index (χ1) is 13.5. The van der Waals surface area contributed by atoms with E-state index in [4.69, 9.17) is 19.1 Å². The topological polar surface area (TPSA) is 122 Å². The quantitative estimate of drug-likeness (QED) is 0.203. The molecule has 0 unspecified atom stereocenters. The van der Waals surface area contributed by atoms with Gasteiger partial charge >= 0.3 is 8.25 Å². The van der Waals surface area contributed by atoms with E-state index in [0.29, 0.717) is 17.2 Å². The zero-order valence-corrected chi connectivity index (χ0v) is 20.1. The molecule has 2 rings (SSSR count). The number of rotatable bonds is 7. The zero-order valence-electron chi connectivity index (χ0n) is 16.1. The monoisotopic (exact) mass is 551 g/mol. The van der Waals surface area contributed by atoms with Crippen LogP contribution < -0.4 is 10.1 Å². The molecule has 29 heavy (non-hydrogen) atoms. The Kier molecular flexibility index (Phi) is 10.2. The molecule has 2 aromatic carbocycles. The van der Waals surface area contributed by atoms with Gasteiger partial charge in [-0.05, 0) is 60.0 Å². The highest BCUT2D eigenvalue weighted by atomic mass is 79.9. The number of benzene rings is 2. The van der Waals surface area contributed by atoms with Gasteiger partial charge in [0.2, 0.25) is 0 Å². The predicted octanol–water partition coefficient (Wildman–Crippen LogP) is 6.53. The van der Waals surface area contributed by atoms with Crippen molar-refractivity contribution in [3.8, 4) is 11.5 Å². The number of anilines is 1. The summed E-state index contributed by atoms with van der Waals surface area (Å²) in [6.07, 6.45) is 1.70. The maximum absolute atomic E-state index is 11.4. The van der Waals surface area contributed by atoms with Gasteiger partial charge in [-0.15, -0.1) is 9.79 Å². The molecule has 0 saturated heterocycles. The molecule has 2 aromatic rings. The van der Waals surface area contributed by atoms with Crippen LogP contribution >= 0.6 is 40.1 Å². The summed E-state index contributed by atoms with van der Waals surface area (Å²) in [4.78, 5) is 25.2. The van der Waals surface area contributed by atoms with Gasteiger partial charge in [0.1, 0.15) is 17.2 Å². The smallest absolute Gasteiger partial charge is 0.456 e. The maximum atomic E-state index is 11.4. The van der Waals surface area contributed by atoms with Crippen LogP contribution in [0.25, 0.3) is 0 Å². The summed E-state index contributed by atoms with van der Waals surface area (Å²) in [5.41, 5.74) is 0.277. The van der Waals surface area contributed by atoms with Crippen LogP contribution in [0.2, 0.25) is 0 Å². The lowest BCUT2D eigenvalue weighted by atomic mass is 9.95. The number of nitrogens with one attached hydrogen (secondary N) is 1. The van der Waals surface area contributed by atoms with Gasteiger partial charge in [0.25, 0.3) is 5.69 Å². The lowest BCUT2D eigenvalue weighted by Crippen LogP contribution is -2.33. The van der Waals surface area contributed by atoms with Crippen molar-refractivity contribution < 1.29 is 24.0 Å². The Morgan fingerprint density at radius 3 is 2.24 bits per heavy atom. The lowest BCUT2D eigenvalue weighted by molar-refractivity contribution is -0.384. The molecular weight excluding hydrogens is 531 g/mol. The summed E-state index contributed by atoms with van der Waals surface area (Å²) < 4.78 is 16.3. The Hall–Kier alpha value is -1.58. The van der Waals surface area contributed by atoms with Gasteiger partial charge in [0.05, 0.1) is 9.40 Å². The molecule has 0 fully saturated rings. The highest BCUT2D eigenvalue weighted by Gasteiger charge is 2.24. The summed E-state index contributed by atoms with van der Waals surface area (Å²) in [6, 6.07) is 10.3. The van der Waals surface area contributed by atoms with Crippen LogP contribution in [0.3, 0.4) is 0 Å². The van der Waals surface area contributed by atoms with Crippen molar-refractivity contribution in [1.82, 2.24) is 0 Å². The molecule has 11 heteroatoms. The third kappa shape index (κ3) is 8.36. The molecule has 158 valence electrons. The second-order valence-corrected chi connectivity index (χ2v) is 8.53. The Labute approximate surface area is 186 Å². The molecule has 8 nitrogen and oxygen atoms in total. The van der Waals surface area contributed by atoms with Gasteiger partial charge < -0.3 is 10.1 Å². The lowest BCUT2D eigenvalue weighted by Gasteiger charge is -2.29. The number of nitro groups is 1. The average molecular weight is 553 g/mol. The molecule has 0 amide bonds. The van der Waals surface area contributed by atoms with E-state index in [2.05, 4.69) is 57.9 Å². The standard InChI is InChI=1S/C18H20Br2N2O3.HO3P/c1-4-18(3,5-2)21-15-11-13(7-8-16(15)22(23)24)25-17-9-6-12(19)10-14(17)20;1-4(2)3/h6-11,21H,4-5H2,1-3H3;(H-,1,2,3)/p+1. The van der Waals surface area contributed by atoms with Crippen LogP contribution in [0.4, 0.5) is 11.4 Å². The fourth-order valence-electron chi connectivity index (χ4n) is 2.27. The van der Waals surface area contributed by atoms with Crippen molar-refractivity contribution in [3.05, 3.63) is 55.5 Å². The van der Waals surface area contributed by atoms with E-state index in [1.165, 1.54) is 6.07 Å². The van der Waals surface area contributed by atoms with Crippen LogP contribution in [0.1, 0.15) is 33.6 Å². The van der Waals surface area contributed by atoms with E-state index in [1.54, 1.807) is 12.1 Å². The minimum atomic E-state index is -2.87. The Balaban J connectivity index is 0.000000960. The Morgan fingerprint density at radius 1 is 1.17 bits per heavy atom. The number of hydrogen-bond acceptors (Lipinski definition) is 5. The van der Waals surface area contributed by atoms with Crippen LogP contribution in [-0.4, -0.2) is 20.2 Å². The largest absolute Gasteiger partial charge is 0.692 e. The maximum Gasteiger partial charge on any atom is 0.692 e. The molecule has 0 aromatic heterocycles. The second-order valence-electron chi connectivity index (χ2n) is 6.26. The van der Waals surface area contributed by atoms with Gasteiger partial charge in [0, 0.05) is 26.7 Å². The number of halogens is 2. The highest BCUT2D eigenvalue weighted by molar-refractivity contribution is 9.11. The van der Waals surface area contributed by atoms with E-state index >= 15 is 0 Å². The fraction of sp³-hybridized carbons (Fsp3) is 0.333. The van der Waals surface area contributed by atoms with Gasteiger partial charge in [-0.25, -0.2) is 0 Å². The number of ether oxygens (including phenoxy) is 1. The third-order valence-electron chi connectivity index (χ3n) is 4.28. The number of nitro benzene ring substituents is 1. The number of hydrogen-bond donors (Lipinski definition) is 3. The molecule has 0 radical (unpaired) electrons. The Morgan fingerprint density at radius 2 is 1.76 bits per heavy atom. The van der Waals surface area contributed by atoms with Crippen LogP contribution in [0, 0.1) is 10.1 Å². The van der Waals surface area contributed by atoms with E-state index in [9.17, 15) is 10.1 Å². The fourth-order valence-corrected chi connectivity index (χ4v) is 3.40. The molecule has 0 aliphatic rings. The van der Waals surface area contributed by atoms with Crippen LogP contribution in [-0.2, 0) is 4.57 Å². The second kappa shape index (κ2) is 11.6. The average Bonchev–Trinajstić information content (AvgIpc) is 2.63. The van der Waals surface area contributed by atoms with E-state index in [1.807, 2.05) is 18.2 Å². The molecule has 0 aliphatic carbocycles. The van der Waals surface area contributed by atoms with Crippen molar-refractivity contribution in [2.24, 2.45) is 0 Å². The molecule has 3 N–H and O–H groups in total. The minimum absolute atomic E-state index is 0.0374. The molecular formula is C18H22Br2N2O6P+. The molecule has 0 atom stereocenters. The summed E-state index contributed by atoms with van der Waals surface area (Å²) >= 11 is 6.85. The zero-order chi connectivity index (χ0) is 22.2. The van der Waals surface area contributed by atoms with E-state index < -0.39 is 8.25 Å². The first kappa shape index (κ1) is 25.5. The van der Waals surface area contributed by atoms with Crippen LogP contribution in [0.5, 0.6) is 11.5 Å². The first-order valence-corrected chi connectivity index (χ1v) is 11.3. The van der Waals surface area contributed by atoms with Gasteiger partial charge in [-0.1, -0.05) is 29.8 Å². The van der Waals surface area contributed by atoms with Crippen molar-refractivity contribution >= 4 is 51.5 Å². The predicted molar refractivity (Wildman–Crippen MR) is 120 cm³/mol. The third-order valence-corrected chi connectivity index (χ3v) is 5.40. The summed E-state index contributed by atoms with van der Waals surface area (Å²) in [5, 5.41) is 14.7. The van der Waals surface area contributed by atoms with Crippen molar-refractivity contribution in [2.45, 2.75) is 39.2 Å². The number of nitrogens with zero attached hydrogens (tertiary/aromatic N) is 1. The molecule has 0 bridgehead atoms. The van der Waals surface area contributed by atoms with E-state index in [0.717, 1.165) is 21.8 Å². The molecule has 0 spiro atoms. The van der Waals surface area contributed by atoms with Crippen LogP contribution in [0.15, 0.2) is 45.3 Å². The van der Waals surface area contributed by atoms with Gasteiger partial charge in [0.15, 0.2) is 0 Å². The van der Waals surface area contributed by atoms with E-state index in [-0.39, 0.29) is 16.1 Å². The normalized spacial score (nSPS) is 10.6. The summed E-state index contributed by atoms with van der Waals surface area (Å²) in [5.74, 6) is 1.17. The highest BCUT2D eigenvalue weighted by Crippen LogP contribution is 2.37. The van der Waals surface area contributed by atoms with Gasteiger partial charge in [-0.2, -0.15) is 0 Å². The Bertz CT molecular complexity index is 873. The summed E-state index contributed by atoms with van der Waals surface area (Å²) in [6.45, 7) is 6.17. The molecule has 0 saturated carbocycles. The first-order valence-electron chi connectivity index (χ1n) is 8.55. The molecule has 0 aliphatic heterocycles. The van der Waals surface area contributed by atoms with Crippen molar-refractivity contribution in [2.75, 3.05) is 5.32 Å². The summed E-state index contributed by atoms with van der Waals surface area (Å²) in [7, 11) is -2.87. The molecule has 0 heterocycles. The van der Waals surface area contributed by atoms with Crippen molar-refractivity contribution in [1.29, 1.82) is 0 Å². The van der Waals surface area contributed by atoms with Gasteiger partial charge in [-0.3, -0.25) is 10.1 Å². The minimum Gasteiger partial charge on any atom is -0.456 e.